The third-order valence-electron chi connectivity index (χ3n) is 4.00. The zero-order chi connectivity index (χ0) is 19.1. The van der Waals surface area contributed by atoms with E-state index in [-0.39, 0.29) is 18.1 Å². The fourth-order valence-corrected chi connectivity index (χ4v) is 3.29. The van der Waals surface area contributed by atoms with Gasteiger partial charge in [0, 0.05) is 12.6 Å². The van der Waals surface area contributed by atoms with E-state index in [1.165, 1.54) is 10.7 Å². The molecule has 0 saturated carbocycles. The van der Waals surface area contributed by atoms with Crippen LogP contribution in [0.4, 0.5) is 0 Å². The van der Waals surface area contributed by atoms with Crippen molar-refractivity contribution in [2.75, 3.05) is 13.2 Å². The largest absolute Gasteiger partial charge is 0.483 e. The van der Waals surface area contributed by atoms with E-state index in [0.717, 1.165) is 28.3 Å². The van der Waals surface area contributed by atoms with E-state index in [0.29, 0.717) is 13.1 Å². The molecule has 7 heteroatoms. The highest BCUT2D eigenvalue weighted by atomic mass is 32.1. The van der Waals surface area contributed by atoms with Gasteiger partial charge in [0.2, 0.25) is 0 Å². The van der Waals surface area contributed by atoms with Gasteiger partial charge >= 0.3 is 0 Å². The van der Waals surface area contributed by atoms with Crippen molar-refractivity contribution >= 4 is 17.2 Å². The summed E-state index contributed by atoms with van der Waals surface area (Å²) in [6.07, 6.45) is 0.840. The topological polar surface area (TPSA) is 73.2 Å². The summed E-state index contributed by atoms with van der Waals surface area (Å²) in [5.41, 5.74) is 1.61. The Bertz CT molecular complexity index is 951. The number of carbonyl (C=O) groups excluding carboxylic acids is 1. The smallest absolute Gasteiger partial charge is 0.266 e. The van der Waals surface area contributed by atoms with Gasteiger partial charge < -0.3 is 10.1 Å². The van der Waals surface area contributed by atoms with Crippen LogP contribution in [0.3, 0.4) is 0 Å². The third kappa shape index (κ3) is 5.04. The van der Waals surface area contributed by atoms with Gasteiger partial charge in [0.05, 0.1) is 11.4 Å². The number of carbonyl (C=O) groups is 1. The van der Waals surface area contributed by atoms with E-state index in [9.17, 15) is 9.59 Å². The third-order valence-corrected chi connectivity index (χ3v) is 4.89. The Balaban J connectivity index is 1.51. The molecule has 3 aromatic rings. The fourth-order valence-electron chi connectivity index (χ4n) is 2.60. The molecule has 2 aromatic heterocycles. The van der Waals surface area contributed by atoms with E-state index in [4.69, 9.17) is 4.74 Å². The van der Waals surface area contributed by atoms with Crippen LogP contribution in [0.5, 0.6) is 5.75 Å². The number of amides is 1. The number of thiophene rings is 1. The first-order valence-corrected chi connectivity index (χ1v) is 9.65. The minimum atomic E-state index is -0.233. The molecular formula is C20H21N3O3S. The maximum Gasteiger partial charge on any atom is 0.266 e. The average Bonchev–Trinajstić information content (AvgIpc) is 3.23. The highest BCUT2D eigenvalue weighted by molar-refractivity contribution is 7.13. The SMILES string of the molecule is CCc1ccccc1OCC(=O)NCCn1nc(-c2cccs2)ccc1=O. The summed E-state index contributed by atoms with van der Waals surface area (Å²) in [5, 5.41) is 9.08. The molecule has 3 rings (SSSR count). The number of nitrogens with one attached hydrogen (secondary N) is 1. The van der Waals surface area contributed by atoms with Gasteiger partial charge in [-0.2, -0.15) is 5.10 Å². The van der Waals surface area contributed by atoms with Crippen molar-refractivity contribution in [3.05, 3.63) is 69.8 Å². The molecule has 0 aliphatic heterocycles. The number of para-hydroxylation sites is 1. The van der Waals surface area contributed by atoms with E-state index in [1.807, 2.05) is 48.7 Å². The highest BCUT2D eigenvalue weighted by Gasteiger charge is 2.07. The van der Waals surface area contributed by atoms with Gasteiger partial charge in [-0.15, -0.1) is 11.3 Å². The number of aryl methyl sites for hydroxylation is 1. The normalized spacial score (nSPS) is 10.6. The summed E-state index contributed by atoms with van der Waals surface area (Å²) < 4.78 is 6.95. The monoisotopic (exact) mass is 383 g/mol. The molecule has 0 atom stereocenters. The molecule has 6 nitrogen and oxygen atoms in total. The summed E-state index contributed by atoms with van der Waals surface area (Å²) in [4.78, 5) is 25.0. The molecule has 140 valence electrons. The van der Waals surface area contributed by atoms with Crippen molar-refractivity contribution in [3.63, 3.8) is 0 Å². The Labute approximate surface area is 161 Å². The fraction of sp³-hybridized carbons (Fsp3) is 0.250. The van der Waals surface area contributed by atoms with Crippen LogP contribution in [0.15, 0.2) is 58.7 Å². The maximum atomic E-state index is 12.0. The van der Waals surface area contributed by atoms with Crippen molar-refractivity contribution in [1.82, 2.24) is 15.1 Å². The molecule has 0 aliphatic carbocycles. The lowest BCUT2D eigenvalue weighted by molar-refractivity contribution is -0.123. The Morgan fingerprint density at radius 3 is 2.81 bits per heavy atom. The molecular weight excluding hydrogens is 362 g/mol. The number of ether oxygens (including phenoxy) is 1. The standard InChI is InChI=1S/C20H21N3O3S/c1-2-15-6-3-4-7-17(15)26-14-19(24)21-11-12-23-20(25)10-9-16(22-23)18-8-5-13-27-18/h3-10,13H,2,11-12,14H2,1H3,(H,21,24). The van der Waals surface area contributed by atoms with Crippen LogP contribution in [0.25, 0.3) is 10.6 Å². The second-order valence-corrected chi connectivity index (χ2v) is 6.80. The van der Waals surface area contributed by atoms with E-state index < -0.39 is 0 Å². The minimum absolute atomic E-state index is 0.0609. The summed E-state index contributed by atoms with van der Waals surface area (Å²) in [5.74, 6) is 0.486. The molecule has 1 N–H and O–H groups in total. The van der Waals surface area contributed by atoms with Crippen LogP contribution < -0.4 is 15.6 Å². The summed E-state index contributed by atoms with van der Waals surface area (Å²) in [6.45, 7) is 2.58. The van der Waals surface area contributed by atoms with Crippen molar-refractivity contribution in [1.29, 1.82) is 0 Å². The van der Waals surface area contributed by atoms with Crippen LogP contribution in [0.2, 0.25) is 0 Å². The summed E-state index contributed by atoms with van der Waals surface area (Å²) in [7, 11) is 0. The molecule has 0 radical (unpaired) electrons. The molecule has 27 heavy (non-hydrogen) atoms. The minimum Gasteiger partial charge on any atom is -0.483 e. The predicted octanol–water partition coefficient (Wildman–Crippen LogP) is 2.73. The first-order valence-electron chi connectivity index (χ1n) is 8.77. The van der Waals surface area contributed by atoms with Gasteiger partial charge in [-0.1, -0.05) is 31.2 Å². The van der Waals surface area contributed by atoms with Crippen LogP contribution >= 0.6 is 11.3 Å². The number of hydrogen-bond donors (Lipinski definition) is 1. The zero-order valence-electron chi connectivity index (χ0n) is 15.1. The molecule has 0 spiro atoms. The first-order chi connectivity index (χ1) is 13.2. The number of nitrogens with zero attached hydrogens (tertiary/aromatic N) is 2. The molecule has 0 fully saturated rings. The molecule has 0 bridgehead atoms. The van der Waals surface area contributed by atoms with Gasteiger partial charge in [0.1, 0.15) is 11.4 Å². The Hall–Kier alpha value is -2.93. The maximum absolute atomic E-state index is 12.0. The highest BCUT2D eigenvalue weighted by Crippen LogP contribution is 2.21. The van der Waals surface area contributed by atoms with Crippen molar-refractivity contribution in [2.24, 2.45) is 0 Å². The second-order valence-electron chi connectivity index (χ2n) is 5.86. The number of rotatable bonds is 8. The lowest BCUT2D eigenvalue weighted by Crippen LogP contribution is -2.34. The number of aromatic nitrogens is 2. The van der Waals surface area contributed by atoms with Gasteiger partial charge in [-0.05, 0) is 35.6 Å². The predicted molar refractivity (Wildman–Crippen MR) is 106 cm³/mol. The van der Waals surface area contributed by atoms with Gasteiger partial charge in [-0.25, -0.2) is 4.68 Å². The van der Waals surface area contributed by atoms with Crippen LogP contribution in [0.1, 0.15) is 12.5 Å². The van der Waals surface area contributed by atoms with Gasteiger partial charge in [-0.3, -0.25) is 9.59 Å². The van der Waals surface area contributed by atoms with Crippen molar-refractivity contribution < 1.29 is 9.53 Å². The number of hydrogen-bond acceptors (Lipinski definition) is 5. The summed E-state index contributed by atoms with van der Waals surface area (Å²) in [6, 6.07) is 14.8. The van der Waals surface area contributed by atoms with E-state index >= 15 is 0 Å². The van der Waals surface area contributed by atoms with E-state index in [2.05, 4.69) is 10.4 Å². The Kier molecular flexibility index (Phi) is 6.38. The molecule has 0 saturated heterocycles. The quantitative estimate of drug-likeness (QED) is 0.649. The molecule has 1 amide bonds. The number of benzene rings is 1. The van der Waals surface area contributed by atoms with Gasteiger partial charge in [0.25, 0.3) is 11.5 Å². The zero-order valence-corrected chi connectivity index (χ0v) is 15.9. The Morgan fingerprint density at radius 1 is 1.19 bits per heavy atom. The molecule has 1 aromatic carbocycles. The van der Waals surface area contributed by atoms with E-state index in [1.54, 1.807) is 17.4 Å². The lowest BCUT2D eigenvalue weighted by atomic mass is 10.1. The first kappa shape index (κ1) is 18.8. The molecule has 0 unspecified atom stereocenters. The van der Waals surface area contributed by atoms with Crippen LogP contribution in [-0.4, -0.2) is 28.8 Å². The van der Waals surface area contributed by atoms with Crippen LogP contribution in [0, 0.1) is 0 Å². The second kappa shape index (κ2) is 9.14. The molecule has 2 heterocycles. The molecule has 0 aliphatic rings. The van der Waals surface area contributed by atoms with Crippen molar-refractivity contribution in [3.8, 4) is 16.3 Å². The van der Waals surface area contributed by atoms with Crippen LogP contribution in [-0.2, 0) is 17.8 Å². The Morgan fingerprint density at radius 2 is 2.04 bits per heavy atom. The summed E-state index contributed by atoms with van der Waals surface area (Å²) >= 11 is 1.56. The van der Waals surface area contributed by atoms with Gasteiger partial charge in [0.15, 0.2) is 6.61 Å². The average molecular weight is 383 g/mol. The lowest BCUT2D eigenvalue weighted by Gasteiger charge is -2.11. The van der Waals surface area contributed by atoms with Crippen molar-refractivity contribution in [2.45, 2.75) is 19.9 Å².